The van der Waals surface area contributed by atoms with Crippen LogP contribution in [0.15, 0.2) is 24.3 Å². The third kappa shape index (κ3) is 10.1. The first-order valence-electron chi connectivity index (χ1n) is 12.0. The standard InChI is InChI=1S/C25H43N3O4/c1-5-14-27(15-6-2)16-8-9-17-28(19-22-12-10-21(18-26)11-13-22)23(24(29)30)25(31)32-20(4)7-3/h10-13,20,23H,5-9,14-19,26H2,1-4H3,(H,29,30). The minimum atomic E-state index is -1.32. The molecule has 0 aliphatic rings. The van der Waals surface area contributed by atoms with E-state index in [9.17, 15) is 14.7 Å². The number of ether oxygens (including phenoxy) is 1. The van der Waals surface area contributed by atoms with Gasteiger partial charge in [-0.2, -0.15) is 0 Å². The second kappa shape index (κ2) is 15.8. The Kier molecular flexibility index (Phi) is 13.8. The molecule has 0 aromatic heterocycles. The molecule has 3 N–H and O–H groups in total. The molecule has 0 saturated heterocycles. The lowest BCUT2D eigenvalue weighted by atomic mass is 10.1. The Hall–Kier alpha value is -1.96. The maximum absolute atomic E-state index is 12.7. The van der Waals surface area contributed by atoms with Crippen molar-refractivity contribution < 1.29 is 19.4 Å². The number of benzene rings is 1. The maximum atomic E-state index is 12.7. The quantitative estimate of drug-likeness (QED) is 0.213. The Balaban J connectivity index is 2.91. The van der Waals surface area contributed by atoms with Crippen molar-refractivity contribution in [2.75, 3.05) is 26.2 Å². The Morgan fingerprint density at radius 3 is 2.03 bits per heavy atom. The van der Waals surface area contributed by atoms with Crippen LogP contribution in [-0.4, -0.2) is 65.2 Å². The molecule has 0 heterocycles. The fourth-order valence-corrected chi connectivity index (χ4v) is 3.69. The summed E-state index contributed by atoms with van der Waals surface area (Å²) in [5.74, 6) is -1.86. The van der Waals surface area contributed by atoms with Crippen molar-refractivity contribution >= 4 is 11.9 Å². The van der Waals surface area contributed by atoms with Crippen LogP contribution in [0.25, 0.3) is 0 Å². The third-order valence-corrected chi connectivity index (χ3v) is 5.61. The number of unbranched alkanes of at least 4 members (excludes halogenated alkanes) is 1. The van der Waals surface area contributed by atoms with Crippen LogP contribution in [0.3, 0.4) is 0 Å². The number of hydrogen-bond donors (Lipinski definition) is 2. The minimum absolute atomic E-state index is 0.313. The van der Waals surface area contributed by atoms with Gasteiger partial charge in [0.2, 0.25) is 6.04 Å². The molecule has 182 valence electrons. The van der Waals surface area contributed by atoms with Crippen LogP contribution in [-0.2, 0) is 27.4 Å². The van der Waals surface area contributed by atoms with Gasteiger partial charge in [0.05, 0.1) is 6.10 Å². The Bertz CT molecular complexity index is 660. The molecule has 1 aromatic carbocycles. The lowest BCUT2D eigenvalue weighted by Gasteiger charge is -2.29. The Morgan fingerprint density at radius 2 is 1.53 bits per heavy atom. The summed E-state index contributed by atoms with van der Waals surface area (Å²) in [4.78, 5) is 29.0. The fraction of sp³-hybridized carbons (Fsp3) is 0.680. The number of carboxylic acids is 1. The van der Waals surface area contributed by atoms with Gasteiger partial charge in [0, 0.05) is 13.1 Å². The molecule has 0 saturated carbocycles. The molecule has 7 nitrogen and oxygen atoms in total. The van der Waals surface area contributed by atoms with Crippen LogP contribution in [0.4, 0.5) is 0 Å². The third-order valence-electron chi connectivity index (χ3n) is 5.61. The smallest absolute Gasteiger partial charge is 0.335 e. The highest BCUT2D eigenvalue weighted by molar-refractivity contribution is 5.98. The van der Waals surface area contributed by atoms with Crippen molar-refractivity contribution in [3.05, 3.63) is 35.4 Å². The van der Waals surface area contributed by atoms with E-state index in [0.29, 0.717) is 26.1 Å². The zero-order valence-corrected chi connectivity index (χ0v) is 20.4. The highest BCUT2D eigenvalue weighted by Gasteiger charge is 2.35. The van der Waals surface area contributed by atoms with Crippen molar-refractivity contribution in [2.45, 2.75) is 85.0 Å². The molecule has 0 spiro atoms. The monoisotopic (exact) mass is 449 g/mol. The number of carbonyl (C=O) groups is 2. The van der Waals surface area contributed by atoms with E-state index in [2.05, 4.69) is 18.7 Å². The van der Waals surface area contributed by atoms with E-state index in [4.69, 9.17) is 10.5 Å². The number of nitrogens with zero attached hydrogens (tertiary/aromatic N) is 2. The van der Waals surface area contributed by atoms with Crippen LogP contribution < -0.4 is 5.73 Å². The van der Waals surface area contributed by atoms with Gasteiger partial charge in [-0.05, 0) is 76.3 Å². The molecule has 0 aliphatic carbocycles. The largest absolute Gasteiger partial charge is 0.480 e. The molecular formula is C25H43N3O4. The zero-order valence-electron chi connectivity index (χ0n) is 20.4. The molecule has 0 fully saturated rings. The second-order valence-corrected chi connectivity index (χ2v) is 8.44. The van der Waals surface area contributed by atoms with Crippen molar-refractivity contribution in [1.82, 2.24) is 9.80 Å². The predicted molar refractivity (Wildman–Crippen MR) is 128 cm³/mol. The summed E-state index contributed by atoms with van der Waals surface area (Å²) in [5, 5.41) is 9.88. The summed E-state index contributed by atoms with van der Waals surface area (Å²) in [5.41, 5.74) is 7.64. The molecule has 0 bridgehead atoms. The number of carbonyl (C=O) groups excluding carboxylic acids is 1. The van der Waals surface area contributed by atoms with Gasteiger partial charge in [0.15, 0.2) is 0 Å². The lowest BCUT2D eigenvalue weighted by molar-refractivity contribution is -0.164. The van der Waals surface area contributed by atoms with Crippen molar-refractivity contribution in [3.8, 4) is 0 Å². The molecule has 1 rings (SSSR count). The molecule has 0 radical (unpaired) electrons. The van der Waals surface area contributed by atoms with Gasteiger partial charge in [-0.15, -0.1) is 0 Å². The number of esters is 1. The van der Waals surface area contributed by atoms with Crippen LogP contribution in [0.5, 0.6) is 0 Å². The van der Waals surface area contributed by atoms with Crippen molar-refractivity contribution in [3.63, 3.8) is 0 Å². The van der Waals surface area contributed by atoms with E-state index in [1.807, 2.05) is 31.2 Å². The molecule has 0 amide bonds. The number of carboxylic acid groups (broad SMARTS) is 1. The topological polar surface area (TPSA) is 96.1 Å². The molecule has 0 aliphatic heterocycles. The van der Waals surface area contributed by atoms with E-state index in [1.54, 1.807) is 11.8 Å². The fourth-order valence-electron chi connectivity index (χ4n) is 3.69. The molecule has 2 atom stereocenters. The average molecular weight is 450 g/mol. The van der Waals surface area contributed by atoms with Crippen LogP contribution in [0, 0.1) is 0 Å². The maximum Gasteiger partial charge on any atom is 0.335 e. The summed E-state index contributed by atoms with van der Waals surface area (Å²) < 4.78 is 5.40. The van der Waals surface area contributed by atoms with Crippen LogP contribution >= 0.6 is 0 Å². The summed E-state index contributed by atoms with van der Waals surface area (Å²) in [6.45, 7) is 12.5. The lowest BCUT2D eigenvalue weighted by Crippen LogP contribution is -2.48. The van der Waals surface area contributed by atoms with Gasteiger partial charge in [-0.3, -0.25) is 4.90 Å². The molecular weight excluding hydrogens is 406 g/mol. The van der Waals surface area contributed by atoms with Gasteiger partial charge in [0.1, 0.15) is 0 Å². The highest BCUT2D eigenvalue weighted by Crippen LogP contribution is 2.15. The van der Waals surface area contributed by atoms with Crippen molar-refractivity contribution in [2.24, 2.45) is 5.73 Å². The Labute approximate surface area is 193 Å². The van der Waals surface area contributed by atoms with Gasteiger partial charge < -0.3 is 20.5 Å². The number of hydrogen-bond acceptors (Lipinski definition) is 6. The minimum Gasteiger partial charge on any atom is -0.480 e. The summed E-state index contributed by atoms with van der Waals surface area (Å²) in [6, 6.07) is 6.44. The first kappa shape index (κ1) is 28.1. The average Bonchev–Trinajstić information content (AvgIpc) is 2.76. The highest BCUT2D eigenvalue weighted by atomic mass is 16.5. The van der Waals surface area contributed by atoms with E-state index >= 15 is 0 Å². The number of rotatable bonds is 17. The van der Waals surface area contributed by atoms with E-state index in [-0.39, 0.29) is 6.10 Å². The molecule has 32 heavy (non-hydrogen) atoms. The van der Waals surface area contributed by atoms with Crippen LogP contribution in [0.1, 0.15) is 70.9 Å². The van der Waals surface area contributed by atoms with Crippen molar-refractivity contribution in [1.29, 1.82) is 0 Å². The zero-order chi connectivity index (χ0) is 23.9. The van der Waals surface area contributed by atoms with Gasteiger partial charge in [-0.1, -0.05) is 45.0 Å². The van der Waals surface area contributed by atoms with Crippen LogP contribution in [0.2, 0.25) is 0 Å². The van der Waals surface area contributed by atoms with E-state index < -0.39 is 18.0 Å². The van der Waals surface area contributed by atoms with E-state index in [1.165, 1.54) is 0 Å². The summed E-state index contributed by atoms with van der Waals surface area (Å²) in [7, 11) is 0. The number of aliphatic carboxylic acids is 1. The number of nitrogens with two attached hydrogens (primary N) is 1. The Morgan fingerprint density at radius 1 is 0.969 bits per heavy atom. The predicted octanol–water partition coefficient (Wildman–Crippen LogP) is 3.64. The molecule has 1 aromatic rings. The SMILES string of the molecule is CCCN(CCC)CCCCN(Cc1ccc(CN)cc1)C(C(=O)O)C(=O)OC(C)CC. The molecule has 7 heteroatoms. The van der Waals surface area contributed by atoms with Gasteiger partial charge in [-0.25, -0.2) is 9.59 Å². The second-order valence-electron chi connectivity index (χ2n) is 8.44. The first-order chi connectivity index (χ1) is 15.4. The van der Waals surface area contributed by atoms with E-state index in [0.717, 1.165) is 56.4 Å². The first-order valence-corrected chi connectivity index (χ1v) is 12.0. The summed E-state index contributed by atoms with van der Waals surface area (Å²) in [6.07, 6.45) is 4.33. The van der Waals surface area contributed by atoms with Gasteiger partial charge in [0.25, 0.3) is 0 Å². The van der Waals surface area contributed by atoms with Gasteiger partial charge >= 0.3 is 11.9 Å². The molecule has 2 unspecified atom stereocenters. The normalized spacial score (nSPS) is 13.3. The summed E-state index contributed by atoms with van der Waals surface area (Å²) >= 11 is 0.